The largest absolute Gasteiger partial charge is 0.493 e. The molecule has 0 bridgehead atoms. The first-order valence-electron chi connectivity index (χ1n) is 12.3. The second kappa shape index (κ2) is 8.29. The van der Waals surface area contributed by atoms with Crippen molar-refractivity contribution in [3.63, 3.8) is 0 Å². The summed E-state index contributed by atoms with van der Waals surface area (Å²) in [6.45, 7) is 9.38. The topological polar surface area (TPSA) is 77.9 Å². The van der Waals surface area contributed by atoms with Crippen LogP contribution in [-0.2, 0) is 33.9 Å². The number of benzene rings is 3. The highest BCUT2D eigenvalue weighted by atomic mass is 16.5. The highest BCUT2D eigenvalue weighted by Crippen LogP contribution is 2.46. The Labute approximate surface area is 209 Å². The zero-order valence-corrected chi connectivity index (χ0v) is 21.0. The number of hydrogen-bond acceptors (Lipinski definition) is 5. The van der Waals surface area contributed by atoms with Gasteiger partial charge in [0.2, 0.25) is 0 Å². The number of aryl methyl sites for hydroxylation is 1. The molecule has 1 aromatic heterocycles. The molecule has 184 valence electrons. The molecule has 0 amide bonds. The summed E-state index contributed by atoms with van der Waals surface area (Å²) < 4.78 is 17.9. The van der Waals surface area contributed by atoms with Crippen molar-refractivity contribution in [2.75, 3.05) is 6.61 Å². The predicted octanol–water partition coefficient (Wildman–Crippen LogP) is 6.27. The van der Waals surface area contributed by atoms with E-state index in [-0.39, 0.29) is 0 Å². The van der Waals surface area contributed by atoms with Gasteiger partial charge >= 0.3 is 5.97 Å². The Morgan fingerprint density at radius 3 is 2.69 bits per heavy atom. The van der Waals surface area contributed by atoms with Crippen molar-refractivity contribution in [1.29, 1.82) is 0 Å². The predicted molar refractivity (Wildman–Crippen MR) is 138 cm³/mol. The second-order valence-corrected chi connectivity index (χ2v) is 10.6. The van der Waals surface area contributed by atoms with E-state index in [1.54, 1.807) is 0 Å². The molecule has 36 heavy (non-hydrogen) atoms. The van der Waals surface area contributed by atoms with Crippen LogP contribution >= 0.6 is 0 Å². The van der Waals surface area contributed by atoms with Gasteiger partial charge in [0.15, 0.2) is 6.10 Å². The molecule has 0 fully saturated rings. The molecule has 2 aliphatic rings. The maximum atomic E-state index is 12.7. The highest BCUT2D eigenvalue weighted by molar-refractivity contribution is 6.09. The van der Waals surface area contributed by atoms with Gasteiger partial charge in [-0.3, -0.25) is 4.98 Å². The van der Waals surface area contributed by atoms with Gasteiger partial charge in [0, 0.05) is 29.1 Å². The molecule has 0 saturated heterocycles. The zero-order valence-electron chi connectivity index (χ0n) is 21.0. The molecule has 6 heteroatoms. The van der Waals surface area contributed by atoms with Gasteiger partial charge in [0.05, 0.1) is 30.9 Å². The number of ether oxygens (including phenoxy) is 3. The van der Waals surface area contributed by atoms with E-state index in [0.717, 1.165) is 56.1 Å². The van der Waals surface area contributed by atoms with Crippen molar-refractivity contribution < 1.29 is 24.1 Å². The Kier molecular flexibility index (Phi) is 5.28. The average molecular weight is 484 g/mol. The summed E-state index contributed by atoms with van der Waals surface area (Å²) in [6.07, 6.45) is 1.50. The van der Waals surface area contributed by atoms with Crippen LogP contribution in [0.15, 0.2) is 42.6 Å². The maximum Gasteiger partial charge on any atom is 0.337 e. The first-order chi connectivity index (χ1) is 17.2. The van der Waals surface area contributed by atoms with E-state index in [1.165, 1.54) is 11.1 Å². The van der Waals surface area contributed by atoms with Gasteiger partial charge in [-0.15, -0.1) is 0 Å². The van der Waals surface area contributed by atoms with Gasteiger partial charge in [0.25, 0.3) is 0 Å². The molecule has 1 N–H and O–H groups in total. The Bertz CT molecular complexity index is 1540. The fourth-order valence-corrected chi connectivity index (χ4v) is 5.62. The Morgan fingerprint density at radius 2 is 1.92 bits per heavy atom. The summed E-state index contributed by atoms with van der Waals surface area (Å²) in [6, 6.07) is 12.3. The summed E-state index contributed by atoms with van der Waals surface area (Å²) in [7, 11) is 0. The highest BCUT2D eigenvalue weighted by Gasteiger charge is 2.33. The van der Waals surface area contributed by atoms with Crippen LogP contribution in [0.5, 0.6) is 5.75 Å². The maximum absolute atomic E-state index is 12.7. The number of aromatic nitrogens is 1. The third-order valence-electron chi connectivity index (χ3n) is 7.08. The van der Waals surface area contributed by atoms with Crippen LogP contribution in [0.25, 0.3) is 32.8 Å². The molecule has 0 aliphatic carbocycles. The molecule has 4 aromatic rings. The molecule has 6 rings (SSSR count). The lowest BCUT2D eigenvalue weighted by molar-refractivity contribution is -0.160. The standard InChI is InChI=1S/C30H29NO5/c1-16-13-21-19(6-5-18-14-34-15-22(18)21)26(24(16)28(29(32)33)36-30(2,3)4)20-7-8-23-25-17(10-12-35-23)9-11-31-27(20)25/h5-9,11,13,28H,10,12,14-15H2,1-4H3,(H,32,33)/t28-/m0/s1. The number of aliphatic carboxylic acids is 1. The van der Waals surface area contributed by atoms with E-state index in [0.29, 0.717) is 25.4 Å². The molecular formula is C30H29NO5. The average Bonchev–Trinajstić information content (AvgIpc) is 3.32. The quantitative estimate of drug-likeness (QED) is 0.369. The third kappa shape index (κ3) is 3.64. The Hall–Kier alpha value is -3.48. The summed E-state index contributed by atoms with van der Waals surface area (Å²) in [5.41, 5.74) is 6.93. The summed E-state index contributed by atoms with van der Waals surface area (Å²) in [5.74, 6) is -0.200. The lowest BCUT2D eigenvalue weighted by atomic mass is 9.84. The number of carboxylic acids is 1. The monoisotopic (exact) mass is 483 g/mol. The lowest BCUT2D eigenvalue weighted by Gasteiger charge is -2.29. The summed E-state index contributed by atoms with van der Waals surface area (Å²) in [4.78, 5) is 17.5. The van der Waals surface area contributed by atoms with Crippen molar-refractivity contribution in [2.24, 2.45) is 0 Å². The first kappa shape index (κ1) is 23.0. The van der Waals surface area contributed by atoms with Crippen molar-refractivity contribution in [1.82, 2.24) is 4.98 Å². The van der Waals surface area contributed by atoms with Crippen molar-refractivity contribution in [2.45, 2.75) is 59.0 Å². The normalized spacial score (nSPS) is 15.7. The summed E-state index contributed by atoms with van der Waals surface area (Å²) >= 11 is 0. The minimum absolute atomic E-state index is 0.543. The Balaban J connectivity index is 1.75. The van der Waals surface area contributed by atoms with Crippen LogP contribution in [0, 0.1) is 6.92 Å². The number of carboxylic acid groups (broad SMARTS) is 1. The van der Waals surface area contributed by atoms with Crippen LogP contribution in [0.4, 0.5) is 0 Å². The van der Waals surface area contributed by atoms with Gasteiger partial charge in [-0.05, 0) is 84.5 Å². The van der Waals surface area contributed by atoms with Crippen molar-refractivity contribution >= 4 is 27.6 Å². The molecular weight excluding hydrogens is 454 g/mol. The van der Waals surface area contributed by atoms with Crippen LogP contribution in [-0.4, -0.2) is 28.3 Å². The molecule has 0 spiro atoms. The van der Waals surface area contributed by atoms with E-state index in [9.17, 15) is 9.90 Å². The van der Waals surface area contributed by atoms with Gasteiger partial charge in [0.1, 0.15) is 5.75 Å². The van der Waals surface area contributed by atoms with Gasteiger partial charge in [-0.25, -0.2) is 4.79 Å². The number of carbonyl (C=O) groups is 1. The lowest BCUT2D eigenvalue weighted by Crippen LogP contribution is -2.28. The number of rotatable bonds is 4. The van der Waals surface area contributed by atoms with Gasteiger partial charge in [-0.2, -0.15) is 0 Å². The number of hydrogen-bond donors (Lipinski definition) is 1. The third-order valence-corrected chi connectivity index (χ3v) is 7.08. The molecule has 0 unspecified atom stereocenters. The molecule has 0 saturated carbocycles. The van der Waals surface area contributed by atoms with E-state index >= 15 is 0 Å². The van der Waals surface area contributed by atoms with Gasteiger partial charge < -0.3 is 19.3 Å². The smallest absolute Gasteiger partial charge is 0.337 e. The molecule has 1 atom stereocenters. The van der Waals surface area contributed by atoms with Crippen LogP contribution < -0.4 is 4.74 Å². The molecule has 3 aromatic carbocycles. The van der Waals surface area contributed by atoms with E-state index < -0.39 is 17.7 Å². The van der Waals surface area contributed by atoms with Gasteiger partial charge in [-0.1, -0.05) is 18.2 Å². The molecule has 6 nitrogen and oxygen atoms in total. The minimum atomic E-state index is -1.14. The second-order valence-electron chi connectivity index (χ2n) is 10.6. The number of nitrogens with zero attached hydrogens (tertiary/aromatic N) is 1. The van der Waals surface area contributed by atoms with Crippen LogP contribution in [0.3, 0.4) is 0 Å². The zero-order chi connectivity index (χ0) is 25.2. The van der Waals surface area contributed by atoms with Crippen LogP contribution in [0.1, 0.15) is 54.7 Å². The number of pyridine rings is 1. The van der Waals surface area contributed by atoms with E-state index in [1.807, 2.05) is 52.1 Å². The van der Waals surface area contributed by atoms with E-state index in [4.69, 9.17) is 19.2 Å². The fraction of sp³-hybridized carbons (Fsp3) is 0.333. The van der Waals surface area contributed by atoms with Crippen LogP contribution in [0.2, 0.25) is 0 Å². The SMILES string of the molecule is Cc1cc2c3c(ccc2c(-c2ccc4c5c(ccnc25)CCO4)c1[C@H](OC(C)(C)C)C(=O)O)COC3. The minimum Gasteiger partial charge on any atom is -0.493 e. The molecule has 2 aliphatic heterocycles. The molecule has 0 radical (unpaired) electrons. The Morgan fingerprint density at radius 1 is 1.08 bits per heavy atom. The number of fused-ring (bicyclic) bond motifs is 3. The fourth-order valence-electron chi connectivity index (χ4n) is 5.62. The van der Waals surface area contributed by atoms with Crippen molar-refractivity contribution in [3.8, 4) is 16.9 Å². The first-order valence-corrected chi connectivity index (χ1v) is 12.3. The van der Waals surface area contributed by atoms with Crippen molar-refractivity contribution in [3.05, 3.63) is 70.4 Å². The van der Waals surface area contributed by atoms with E-state index in [2.05, 4.69) is 18.2 Å². The summed E-state index contributed by atoms with van der Waals surface area (Å²) in [5, 5.41) is 13.4. The molecule has 3 heterocycles.